The van der Waals surface area contributed by atoms with E-state index in [1.165, 1.54) is 18.1 Å². The number of aryl methyl sites for hydroxylation is 2. The average molecular weight is 254 g/mol. The number of anilines is 3. The molecule has 3 nitrogen and oxygen atoms in total. The van der Waals surface area contributed by atoms with Gasteiger partial charge in [-0.25, -0.2) is 0 Å². The van der Waals surface area contributed by atoms with Gasteiger partial charge in [-0.05, 0) is 61.4 Å². The van der Waals surface area contributed by atoms with Crippen molar-refractivity contribution < 1.29 is 4.79 Å². The van der Waals surface area contributed by atoms with E-state index in [9.17, 15) is 4.79 Å². The van der Waals surface area contributed by atoms with Crippen molar-refractivity contribution >= 4 is 23.0 Å². The Labute approximate surface area is 113 Å². The zero-order valence-electron chi connectivity index (χ0n) is 11.4. The quantitative estimate of drug-likeness (QED) is 0.869. The minimum atomic E-state index is -0.0603. The molecule has 2 N–H and O–H groups in total. The number of carbonyl (C=O) groups is 1. The molecule has 1 amide bonds. The topological polar surface area (TPSA) is 41.1 Å². The molecule has 19 heavy (non-hydrogen) atoms. The van der Waals surface area contributed by atoms with Crippen molar-refractivity contribution in [1.29, 1.82) is 0 Å². The molecule has 0 atom stereocenters. The molecule has 0 saturated carbocycles. The molecule has 0 heterocycles. The van der Waals surface area contributed by atoms with Gasteiger partial charge in [-0.2, -0.15) is 0 Å². The van der Waals surface area contributed by atoms with E-state index in [2.05, 4.69) is 42.7 Å². The van der Waals surface area contributed by atoms with Crippen molar-refractivity contribution in [3.8, 4) is 0 Å². The Kier molecular flexibility index (Phi) is 3.85. The van der Waals surface area contributed by atoms with Gasteiger partial charge < -0.3 is 10.6 Å². The molecule has 0 saturated heterocycles. The van der Waals surface area contributed by atoms with Gasteiger partial charge >= 0.3 is 0 Å². The van der Waals surface area contributed by atoms with Gasteiger partial charge in [0.15, 0.2) is 0 Å². The maximum atomic E-state index is 10.9. The maximum absolute atomic E-state index is 10.9. The van der Waals surface area contributed by atoms with Crippen LogP contribution in [0.5, 0.6) is 0 Å². The van der Waals surface area contributed by atoms with Crippen LogP contribution in [0.25, 0.3) is 0 Å². The lowest BCUT2D eigenvalue weighted by Gasteiger charge is -2.09. The highest BCUT2D eigenvalue weighted by Crippen LogP contribution is 2.21. The van der Waals surface area contributed by atoms with Gasteiger partial charge in [0.1, 0.15) is 0 Å². The molecule has 0 aliphatic heterocycles. The van der Waals surface area contributed by atoms with Crippen molar-refractivity contribution in [1.82, 2.24) is 0 Å². The summed E-state index contributed by atoms with van der Waals surface area (Å²) in [5.41, 5.74) is 5.41. The molecule has 0 radical (unpaired) electrons. The van der Waals surface area contributed by atoms with Crippen LogP contribution in [0.4, 0.5) is 17.1 Å². The predicted molar refractivity (Wildman–Crippen MR) is 79.9 cm³/mol. The third-order valence-electron chi connectivity index (χ3n) is 3.00. The first-order valence-electron chi connectivity index (χ1n) is 6.26. The highest BCUT2D eigenvalue weighted by atomic mass is 16.1. The molecule has 0 bridgehead atoms. The number of benzene rings is 2. The molecule has 0 aliphatic carbocycles. The zero-order valence-corrected chi connectivity index (χ0v) is 11.4. The van der Waals surface area contributed by atoms with Crippen LogP contribution in [0.3, 0.4) is 0 Å². The lowest BCUT2D eigenvalue weighted by Crippen LogP contribution is -2.05. The van der Waals surface area contributed by atoms with Gasteiger partial charge in [-0.3, -0.25) is 4.79 Å². The standard InChI is InChI=1S/C16H18N2O/c1-11-4-5-16(10-12(11)2)18-15-8-6-14(7-9-15)17-13(3)19/h4-10,18H,1-3H3,(H,17,19). The smallest absolute Gasteiger partial charge is 0.221 e. The second kappa shape index (κ2) is 5.57. The van der Waals surface area contributed by atoms with Crippen molar-refractivity contribution in [2.24, 2.45) is 0 Å². The average Bonchev–Trinajstić information content (AvgIpc) is 2.36. The highest BCUT2D eigenvalue weighted by molar-refractivity contribution is 5.88. The van der Waals surface area contributed by atoms with Gasteiger partial charge in [0.05, 0.1) is 0 Å². The van der Waals surface area contributed by atoms with Crippen molar-refractivity contribution in [3.63, 3.8) is 0 Å². The lowest BCUT2D eigenvalue weighted by atomic mass is 10.1. The molecular formula is C16H18N2O. The van der Waals surface area contributed by atoms with Crippen molar-refractivity contribution in [2.75, 3.05) is 10.6 Å². The third kappa shape index (κ3) is 3.58. The maximum Gasteiger partial charge on any atom is 0.221 e. The summed E-state index contributed by atoms with van der Waals surface area (Å²) in [4.78, 5) is 10.9. The van der Waals surface area contributed by atoms with Gasteiger partial charge in [0.2, 0.25) is 5.91 Å². The van der Waals surface area contributed by atoms with E-state index in [0.29, 0.717) is 0 Å². The van der Waals surface area contributed by atoms with Crippen LogP contribution < -0.4 is 10.6 Å². The Morgan fingerprint density at radius 2 is 1.42 bits per heavy atom. The number of hydrogen-bond acceptors (Lipinski definition) is 2. The summed E-state index contributed by atoms with van der Waals surface area (Å²) in [6.07, 6.45) is 0. The molecule has 2 aromatic rings. The lowest BCUT2D eigenvalue weighted by molar-refractivity contribution is -0.114. The summed E-state index contributed by atoms with van der Waals surface area (Å²) in [6.45, 7) is 5.70. The molecule has 2 rings (SSSR count). The fourth-order valence-corrected chi connectivity index (χ4v) is 1.83. The summed E-state index contributed by atoms with van der Waals surface area (Å²) in [5.74, 6) is -0.0603. The van der Waals surface area contributed by atoms with E-state index in [0.717, 1.165) is 17.1 Å². The number of rotatable bonds is 3. The molecule has 3 heteroatoms. The SMILES string of the molecule is CC(=O)Nc1ccc(Nc2ccc(C)c(C)c2)cc1. The van der Waals surface area contributed by atoms with E-state index in [4.69, 9.17) is 0 Å². The fourth-order valence-electron chi connectivity index (χ4n) is 1.83. The van der Waals surface area contributed by atoms with Crippen LogP contribution in [-0.4, -0.2) is 5.91 Å². The number of nitrogens with one attached hydrogen (secondary N) is 2. The number of amides is 1. The first-order chi connectivity index (χ1) is 9.04. The van der Waals surface area contributed by atoms with Gasteiger partial charge in [-0.1, -0.05) is 6.07 Å². The molecule has 0 aromatic heterocycles. The van der Waals surface area contributed by atoms with E-state index >= 15 is 0 Å². The second-order valence-corrected chi connectivity index (χ2v) is 4.68. The zero-order chi connectivity index (χ0) is 13.8. The van der Waals surface area contributed by atoms with Gasteiger partial charge in [0, 0.05) is 24.0 Å². The van der Waals surface area contributed by atoms with Crippen LogP contribution in [0.15, 0.2) is 42.5 Å². The minimum absolute atomic E-state index is 0.0603. The molecule has 2 aromatic carbocycles. The van der Waals surface area contributed by atoms with Crippen molar-refractivity contribution in [2.45, 2.75) is 20.8 Å². The summed E-state index contributed by atoms with van der Waals surface area (Å²) in [5, 5.41) is 6.09. The predicted octanol–water partition coefficient (Wildman–Crippen LogP) is 4.01. The number of carbonyl (C=O) groups excluding carboxylic acids is 1. The van der Waals surface area contributed by atoms with E-state index in [-0.39, 0.29) is 5.91 Å². The monoisotopic (exact) mass is 254 g/mol. The van der Waals surface area contributed by atoms with Gasteiger partial charge in [0.25, 0.3) is 0 Å². The summed E-state index contributed by atoms with van der Waals surface area (Å²) >= 11 is 0. The van der Waals surface area contributed by atoms with Crippen LogP contribution in [0, 0.1) is 13.8 Å². The normalized spacial score (nSPS) is 10.1. The summed E-state index contributed by atoms with van der Waals surface area (Å²) in [7, 11) is 0. The van der Waals surface area contributed by atoms with Crippen LogP contribution in [0.2, 0.25) is 0 Å². The van der Waals surface area contributed by atoms with E-state index < -0.39 is 0 Å². The molecular weight excluding hydrogens is 236 g/mol. The Balaban J connectivity index is 2.10. The van der Waals surface area contributed by atoms with E-state index in [1.54, 1.807) is 0 Å². The Bertz CT molecular complexity index is 588. The second-order valence-electron chi connectivity index (χ2n) is 4.68. The van der Waals surface area contributed by atoms with Gasteiger partial charge in [-0.15, -0.1) is 0 Å². The molecule has 98 valence electrons. The first kappa shape index (κ1) is 13.1. The highest BCUT2D eigenvalue weighted by Gasteiger charge is 1.99. The third-order valence-corrected chi connectivity index (χ3v) is 3.00. The van der Waals surface area contributed by atoms with E-state index in [1.807, 2.05) is 24.3 Å². The fraction of sp³-hybridized carbons (Fsp3) is 0.188. The van der Waals surface area contributed by atoms with Crippen molar-refractivity contribution in [3.05, 3.63) is 53.6 Å². The molecule has 0 aliphatic rings. The first-order valence-corrected chi connectivity index (χ1v) is 6.26. The Morgan fingerprint density at radius 1 is 0.842 bits per heavy atom. The minimum Gasteiger partial charge on any atom is -0.356 e. The summed E-state index contributed by atoms with van der Waals surface area (Å²) in [6, 6.07) is 13.9. The number of hydrogen-bond donors (Lipinski definition) is 2. The largest absolute Gasteiger partial charge is 0.356 e. The molecule has 0 unspecified atom stereocenters. The molecule has 0 fully saturated rings. The Morgan fingerprint density at radius 3 is 2.00 bits per heavy atom. The molecule has 0 spiro atoms. The van der Waals surface area contributed by atoms with Crippen LogP contribution >= 0.6 is 0 Å². The van der Waals surface area contributed by atoms with Crippen LogP contribution in [-0.2, 0) is 4.79 Å². The summed E-state index contributed by atoms with van der Waals surface area (Å²) < 4.78 is 0. The van der Waals surface area contributed by atoms with Crippen LogP contribution in [0.1, 0.15) is 18.1 Å². The Hall–Kier alpha value is -2.29.